The zero-order chi connectivity index (χ0) is 29.0. The molecule has 8 aromatic rings. The van der Waals surface area contributed by atoms with Gasteiger partial charge in [-0.25, -0.2) is 9.97 Å². The third kappa shape index (κ3) is 3.68. The van der Waals surface area contributed by atoms with Crippen LogP contribution in [0.15, 0.2) is 95.4 Å². The molecule has 0 aliphatic heterocycles. The van der Waals surface area contributed by atoms with Gasteiger partial charge >= 0.3 is 0 Å². The van der Waals surface area contributed by atoms with Crippen molar-refractivity contribution in [2.45, 2.75) is 52.4 Å². The number of rotatable bonds is 1. The fraction of sp³-hybridized carbons (Fsp3) is 0.211. The fourth-order valence-electron chi connectivity index (χ4n) is 6.26. The van der Waals surface area contributed by atoms with Crippen molar-refractivity contribution in [3.8, 4) is 11.3 Å². The molecule has 0 saturated carbocycles. The lowest BCUT2D eigenvalue weighted by atomic mass is 9.79. The van der Waals surface area contributed by atoms with Crippen molar-refractivity contribution in [3.63, 3.8) is 0 Å². The van der Waals surface area contributed by atoms with E-state index in [1.807, 2.05) is 6.07 Å². The van der Waals surface area contributed by atoms with Crippen molar-refractivity contribution >= 4 is 60.4 Å². The summed E-state index contributed by atoms with van der Waals surface area (Å²) in [5.41, 5.74) is 10.4. The summed E-state index contributed by atoms with van der Waals surface area (Å²) in [5.74, 6) is 0. The molecule has 0 fully saturated rings. The summed E-state index contributed by atoms with van der Waals surface area (Å²) in [6.45, 7) is 13.6. The smallest absolute Gasteiger partial charge is 0.227 e. The van der Waals surface area contributed by atoms with Crippen molar-refractivity contribution in [1.29, 1.82) is 0 Å². The molecule has 0 amide bonds. The standard InChI is InChI=1S/C38H33N3O/c1-37(2,3)23-17-22(18-24(19-23)38(4,5)6)30-16-15-27-29-20-33-28(21-34(29)42-36(27)40-30)25-11-7-8-12-26(25)35-39-31-13-9-10-14-32(31)41(33)35/h7-21H,1-6H3. The lowest BCUT2D eigenvalue weighted by Crippen LogP contribution is -2.16. The summed E-state index contributed by atoms with van der Waals surface area (Å²) >= 11 is 0. The molecule has 0 saturated heterocycles. The maximum absolute atomic E-state index is 6.51. The zero-order valence-corrected chi connectivity index (χ0v) is 24.9. The third-order valence-electron chi connectivity index (χ3n) is 8.68. The van der Waals surface area contributed by atoms with Gasteiger partial charge in [0.25, 0.3) is 0 Å². The van der Waals surface area contributed by atoms with E-state index in [1.54, 1.807) is 0 Å². The number of hydrogen-bond donors (Lipinski definition) is 0. The Labute approximate surface area is 244 Å². The second-order valence-electron chi connectivity index (χ2n) is 13.6. The normalized spacial score (nSPS) is 13.0. The quantitative estimate of drug-likeness (QED) is 0.192. The number of benzene rings is 4. The van der Waals surface area contributed by atoms with Crippen LogP contribution in [0.4, 0.5) is 0 Å². The number of para-hydroxylation sites is 2. The molecule has 0 bridgehead atoms. The number of fused-ring (bicyclic) bond motifs is 11. The number of nitrogens with zero attached hydrogens (tertiary/aromatic N) is 3. The minimum Gasteiger partial charge on any atom is -0.438 e. The molecular weight excluding hydrogens is 514 g/mol. The first-order valence-electron chi connectivity index (χ1n) is 14.7. The van der Waals surface area contributed by atoms with Crippen LogP contribution in [-0.4, -0.2) is 14.4 Å². The van der Waals surface area contributed by atoms with Gasteiger partial charge in [0.2, 0.25) is 5.71 Å². The highest BCUT2D eigenvalue weighted by atomic mass is 16.3. The van der Waals surface area contributed by atoms with Gasteiger partial charge in [0.15, 0.2) is 0 Å². The first kappa shape index (κ1) is 25.0. The highest BCUT2D eigenvalue weighted by Crippen LogP contribution is 2.39. The van der Waals surface area contributed by atoms with Gasteiger partial charge in [-0.05, 0) is 75.9 Å². The molecule has 0 atom stereocenters. The van der Waals surface area contributed by atoms with Gasteiger partial charge in [-0.2, -0.15) is 0 Å². The largest absolute Gasteiger partial charge is 0.438 e. The van der Waals surface area contributed by atoms with Crippen molar-refractivity contribution in [2.24, 2.45) is 0 Å². The van der Waals surface area contributed by atoms with E-state index < -0.39 is 0 Å². The molecule has 4 heterocycles. The average molecular weight is 548 g/mol. The van der Waals surface area contributed by atoms with Crippen LogP contribution < -0.4 is 0 Å². The Morgan fingerprint density at radius 3 is 2.00 bits per heavy atom. The van der Waals surface area contributed by atoms with E-state index in [2.05, 4.69) is 131 Å². The van der Waals surface area contributed by atoms with E-state index in [9.17, 15) is 0 Å². The molecule has 0 radical (unpaired) electrons. The van der Waals surface area contributed by atoms with E-state index in [0.717, 1.165) is 60.6 Å². The summed E-state index contributed by atoms with van der Waals surface area (Å²) in [7, 11) is 0. The summed E-state index contributed by atoms with van der Waals surface area (Å²) in [5, 5.41) is 5.51. The maximum atomic E-state index is 6.51. The topological polar surface area (TPSA) is 43.3 Å². The van der Waals surface area contributed by atoms with Crippen molar-refractivity contribution in [1.82, 2.24) is 14.4 Å². The minimum atomic E-state index is 0.0329. The highest BCUT2D eigenvalue weighted by molar-refractivity contribution is 6.18. The summed E-state index contributed by atoms with van der Waals surface area (Å²) in [6.07, 6.45) is 0. The molecule has 0 unspecified atom stereocenters. The van der Waals surface area contributed by atoms with Crippen LogP contribution in [0.5, 0.6) is 0 Å². The van der Waals surface area contributed by atoms with Crippen LogP contribution in [-0.2, 0) is 10.8 Å². The maximum Gasteiger partial charge on any atom is 0.227 e. The Bertz CT molecular complexity index is 2340. The number of aromatic nitrogens is 3. The molecule has 0 aliphatic rings. The van der Waals surface area contributed by atoms with E-state index in [4.69, 9.17) is 14.4 Å². The Kier molecular flexibility index (Phi) is 5.02. The first-order valence-corrected chi connectivity index (χ1v) is 14.7. The van der Waals surface area contributed by atoms with E-state index in [0.29, 0.717) is 5.71 Å². The van der Waals surface area contributed by atoms with Gasteiger partial charge in [0, 0.05) is 27.1 Å². The van der Waals surface area contributed by atoms with Gasteiger partial charge in [-0.15, -0.1) is 0 Å². The van der Waals surface area contributed by atoms with Gasteiger partial charge in [-0.1, -0.05) is 84.0 Å². The predicted octanol–water partition coefficient (Wildman–Crippen LogP) is 10.4. The van der Waals surface area contributed by atoms with Gasteiger partial charge in [0.05, 0.1) is 22.2 Å². The van der Waals surface area contributed by atoms with E-state index in [1.165, 1.54) is 16.5 Å². The van der Waals surface area contributed by atoms with Crippen LogP contribution >= 0.6 is 0 Å². The fourth-order valence-corrected chi connectivity index (χ4v) is 6.26. The molecule has 4 heteroatoms. The molecule has 4 aromatic carbocycles. The highest BCUT2D eigenvalue weighted by Gasteiger charge is 2.22. The van der Waals surface area contributed by atoms with Crippen LogP contribution in [0.2, 0.25) is 0 Å². The lowest BCUT2D eigenvalue weighted by Gasteiger charge is -2.26. The molecule has 42 heavy (non-hydrogen) atoms. The SMILES string of the molecule is CC(C)(C)c1cc(-c2ccc3c(n2)oc2cc4c5ccccc5c5nc6ccccc6n5c4cc23)cc(C(C)(C)C)c1. The molecular formula is C38H33N3O. The number of imidazole rings is 1. The van der Waals surface area contributed by atoms with Crippen molar-refractivity contribution < 1.29 is 4.42 Å². The predicted molar refractivity (Wildman–Crippen MR) is 176 cm³/mol. The average Bonchev–Trinajstić information content (AvgIpc) is 3.53. The molecule has 206 valence electrons. The van der Waals surface area contributed by atoms with E-state index in [-0.39, 0.29) is 10.8 Å². The van der Waals surface area contributed by atoms with Crippen LogP contribution in [0.25, 0.3) is 71.7 Å². The summed E-state index contributed by atoms with van der Waals surface area (Å²) in [6, 6.07) is 32.5. The van der Waals surface area contributed by atoms with Gasteiger partial charge in [0.1, 0.15) is 11.2 Å². The van der Waals surface area contributed by atoms with Crippen molar-refractivity contribution in [2.75, 3.05) is 0 Å². The zero-order valence-electron chi connectivity index (χ0n) is 24.9. The van der Waals surface area contributed by atoms with Crippen LogP contribution in [0, 0.1) is 0 Å². The Morgan fingerprint density at radius 2 is 1.26 bits per heavy atom. The molecule has 0 spiro atoms. The monoisotopic (exact) mass is 547 g/mol. The lowest BCUT2D eigenvalue weighted by molar-refractivity contribution is 0.569. The number of pyridine rings is 2. The third-order valence-corrected chi connectivity index (χ3v) is 8.68. The number of furan rings is 1. The Hall–Kier alpha value is -4.70. The van der Waals surface area contributed by atoms with Crippen LogP contribution in [0.3, 0.4) is 0 Å². The first-order chi connectivity index (χ1) is 20.1. The second kappa shape index (κ2) is 8.42. The summed E-state index contributed by atoms with van der Waals surface area (Å²) < 4.78 is 8.80. The molecule has 4 nitrogen and oxygen atoms in total. The van der Waals surface area contributed by atoms with Crippen molar-refractivity contribution in [3.05, 3.63) is 102 Å². The van der Waals surface area contributed by atoms with Crippen LogP contribution in [0.1, 0.15) is 52.7 Å². The van der Waals surface area contributed by atoms with Gasteiger partial charge < -0.3 is 4.42 Å². The molecule has 4 aromatic heterocycles. The van der Waals surface area contributed by atoms with Gasteiger partial charge in [-0.3, -0.25) is 4.40 Å². The molecule has 8 rings (SSSR count). The Morgan fingerprint density at radius 1 is 0.571 bits per heavy atom. The minimum absolute atomic E-state index is 0.0329. The second-order valence-corrected chi connectivity index (χ2v) is 13.6. The Balaban J connectivity index is 1.41. The summed E-state index contributed by atoms with van der Waals surface area (Å²) in [4.78, 5) is 10.1. The number of hydrogen-bond acceptors (Lipinski definition) is 3. The molecule has 0 N–H and O–H groups in total. The van der Waals surface area contributed by atoms with E-state index >= 15 is 0 Å². The molecule has 0 aliphatic carbocycles.